The Kier molecular flexibility index (Phi) is 4.11. The van der Waals surface area contributed by atoms with Gasteiger partial charge in [0.2, 0.25) is 0 Å². The molecule has 0 amide bonds. The molecule has 0 aliphatic heterocycles. The summed E-state index contributed by atoms with van der Waals surface area (Å²) in [4.78, 5) is 11.0. The normalized spacial score (nSPS) is 9.87. The minimum Gasteiger partial charge on any atom is -0.463 e. The zero-order chi connectivity index (χ0) is 11.1. The van der Waals surface area contributed by atoms with Gasteiger partial charge in [-0.05, 0) is 30.7 Å². The van der Waals surface area contributed by atoms with Crippen molar-refractivity contribution in [1.29, 1.82) is 5.26 Å². The monoisotopic (exact) mass is 201 g/mol. The third-order valence-corrected chi connectivity index (χ3v) is 1.71. The highest BCUT2D eigenvalue weighted by Gasteiger charge is 1.94. The van der Waals surface area contributed by atoms with Crippen LogP contribution in [0.5, 0.6) is 0 Å². The van der Waals surface area contributed by atoms with Crippen LogP contribution in [-0.4, -0.2) is 12.6 Å². The van der Waals surface area contributed by atoms with E-state index in [0.717, 1.165) is 5.56 Å². The molecule has 0 heterocycles. The Morgan fingerprint density at radius 2 is 2.40 bits per heavy atom. The van der Waals surface area contributed by atoms with Crippen molar-refractivity contribution in [2.24, 2.45) is 0 Å². The Morgan fingerprint density at radius 1 is 1.60 bits per heavy atom. The molecule has 0 N–H and O–H groups in total. The molecule has 3 heteroatoms. The van der Waals surface area contributed by atoms with Crippen molar-refractivity contribution in [1.82, 2.24) is 0 Å². The number of hydrogen-bond acceptors (Lipinski definition) is 3. The minimum atomic E-state index is -0.375. The van der Waals surface area contributed by atoms with E-state index in [1.165, 1.54) is 6.08 Å². The lowest BCUT2D eigenvalue weighted by molar-refractivity contribution is -0.137. The van der Waals surface area contributed by atoms with Crippen LogP contribution in [0.3, 0.4) is 0 Å². The van der Waals surface area contributed by atoms with E-state index in [-0.39, 0.29) is 5.97 Å². The highest BCUT2D eigenvalue weighted by molar-refractivity contribution is 5.87. The average molecular weight is 201 g/mol. The molecular formula is C12H11NO2. The number of carbonyl (C=O) groups excluding carboxylic acids is 1. The van der Waals surface area contributed by atoms with Crippen LogP contribution in [0.2, 0.25) is 0 Å². The molecule has 0 aromatic heterocycles. The van der Waals surface area contributed by atoms with Gasteiger partial charge in [0.25, 0.3) is 0 Å². The number of carbonyl (C=O) groups is 1. The highest BCUT2D eigenvalue weighted by atomic mass is 16.5. The van der Waals surface area contributed by atoms with Crippen LogP contribution >= 0.6 is 0 Å². The number of rotatable bonds is 3. The average Bonchev–Trinajstić information content (AvgIpc) is 2.27. The van der Waals surface area contributed by atoms with E-state index in [9.17, 15) is 4.79 Å². The molecule has 1 aromatic rings. The van der Waals surface area contributed by atoms with Crippen LogP contribution in [-0.2, 0) is 9.53 Å². The number of nitrogens with zero attached hydrogens (tertiary/aromatic N) is 1. The lowest BCUT2D eigenvalue weighted by atomic mass is 10.1. The summed E-state index contributed by atoms with van der Waals surface area (Å²) in [7, 11) is 0. The molecule has 0 bridgehead atoms. The molecule has 15 heavy (non-hydrogen) atoms. The van der Waals surface area contributed by atoms with E-state index in [2.05, 4.69) is 0 Å². The number of nitriles is 1. The van der Waals surface area contributed by atoms with Crippen LogP contribution in [0.15, 0.2) is 30.3 Å². The zero-order valence-electron chi connectivity index (χ0n) is 8.43. The fourth-order valence-electron chi connectivity index (χ4n) is 1.07. The van der Waals surface area contributed by atoms with Crippen molar-refractivity contribution in [2.75, 3.05) is 6.61 Å². The Hall–Kier alpha value is -2.08. The summed E-state index contributed by atoms with van der Waals surface area (Å²) in [5.41, 5.74) is 1.38. The van der Waals surface area contributed by atoms with E-state index in [0.29, 0.717) is 12.2 Å². The summed E-state index contributed by atoms with van der Waals surface area (Å²) in [5.74, 6) is -0.375. The van der Waals surface area contributed by atoms with E-state index in [1.54, 1.807) is 31.2 Å². The van der Waals surface area contributed by atoms with Crippen LogP contribution in [0.1, 0.15) is 18.1 Å². The van der Waals surface area contributed by atoms with Gasteiger partial charge in [0, 0.05) is 6.08 Å². The molecule has 0 saturated carbocycles. The first-order valence-corrected chi connectivity index (χ1v) is 4.61. The second kappa shape index (κ2) is 5.61. The molecule has 0 spiro atoms. The van der Waals surface area contributed by atoms with E-state index < -0.39 is 0 Å². The molecule has 0 atom stereocenters. The molecule has 0 aliphatic carbocycles. The van der Waals surface area contributed by atoms with Crippen molar-refractivity contribution >= 4 is 12.0 Å². The third kappa shape index (κ3) is 3.65. The van der Waals surface area contributed by atoms with Gasteiger partial charge in [-0.3, -0.25) is 0 Å². The number of hydrogen-bond donors (Lipinski definition) is 0. The number of benzene rings is 1. The fourth-order valence-corrected chi connectivity index (χ4v) is 1.07. The molecule has 0 saturated heterocycles. The van der Waals surface area contributed by atoms with Crippen LogP contribution in [0.4, 0.5) is 0 Å². The SMILES string of the molecule is CCOC(=O)/C=C/c1cccc(C#N)c1. The molecule has 0 aliphatic rings. The summed E-state index contributed by atoms with van der Waals surface area (Å²) >= 11 is 0. The minimum absolute atomic E-state index is 0.363. The van der Waals surface area contributed by atoms with E-state index in [4.69, 9.17) is 10.00 Å². The first-order valence-electron chi connectivity index (χ1n) is 4.61. The van der Waals surface area contributed by atoms with E-state index >= 15 is 0 Å². The summed E-state index contributed by atoms with van der Waals surface area (Å²) in [6.07, 6.45) is 2.97. The molecule has 1 rings (SSSR count). The molecule has 0 fully saturated rings. The predicted octanol–water partition coefficient (Wildman–Crippen LogP) is 2.13. The Bertz CT molecular complexity index is 416. The summed E-state index contributed by atoms with van der Waals surface area (Å²) in [5, 5.41) is 8.66. The van der Waals surface area contributed by atoms with Crippen molar-refractivity contribution in [3.05, 3.63) is 41.5 Å². The van der Waals surface area contributed by atoms with E-state index in [1.807, 2.05) is 12.1 Å². The van der Waals surface area contributed by atoms with Crippen molar-refractivity contribution in [3.63, 3.8) is 0 Å². The topological polar surface area (TPSA) is 50.1 Å². The van der Waals surface area contributed by atoms with Crippen LogP contribution in [0.25, 0.3) is 6.08 Å². The third-order valence-electron chi connectivity index (χ3n) is 1.71. The maximum Gasteiger partial charge on any atom is 0.330 e. The molecule has 1 aromatic carbocycles. The van der Waals surface area contributed by atoms with Gasteiger partial charge in [-0.2, -0.15) is 5.26 Å². The largest absolute Gasteiger partial charge is 0.463 e. The maximum atomic E-state index is 11.0. The lowest BCUT2D eigenvalue weighted by Gasteiger charge is -1.95. The van der Waals surface area contributed by atoms with Crippen molar-refractivity contribution in [2.45, 2.75) is 6.92 Å². The Morgan fingerprint density at radius 3 is 3.07 bits per heavy atom. The van der Waals surface area contributed by atoms with Gasteiger partial charge in [-0.25, -0.2) is 4.79 Å². The van der Waals surface area contributed by atoms with Gasteiger partial charge in [-0.15, -0.1) is 0 Å². The van der Waals surface area contributed by atoms with Gasteiger partial charge in [-0.1, -0.05) is 12.1 Å². The van der Waals surface area contributed by atoms with Gasteiger partial charge in [0.05, 0.1) is 18.2 Å². The predicted molar refractivity (Wildman–Crippen MR) is 56.8 cm³/mol. The molecular weight excluding hydrogens is 190 g/mol. The quantitative estimate of drug-likeness (QED) is 0.556. The molecule has 0 radical (unpaired) electrons. The fraction of sp³-hybridized carbons (Fsp3) is 0.167. The van der Waals surface area contributed by atoms with Gasteiger partial charge < -0.3 is 4.74 Å². The zero-order valence-corrected chi connectivity index (χ0v) is 8.43. The Balaban J connectivity index is 2.72. The summed E-state index contributed by atoms with van der Waals surface area (Å²) in [6.45, 7) is 2.11. The standard InChI is InChI=1S/C12H11NO2/c1-2-15-12(14)7-6-10-4-3-5-11(8-10)9-13/h3-8H,2H2,1H3/b7-6+. The first-order chi connectivity index (χ1) is 7.26. The molecule has 0 unspecified atom stereocenters. The molecule has 3 nitrogen and oxygen atoms in total. The van der Waals surface area contributed by atoms with Crippen LogP contribution < -0.4 is 0 Å². The van der Waals surface area contributed by atoms with Crippen molar-refractivity contribution < 1.29 is 9.53 Å². The number of ether oxygens (including phenoxy) is 1. The Labute approximate surface area is 88.6 Å². The first kappa shape index (κ1) is 11.0. The van der Waals surface area contributed by atoms with Gasteiger partial charge in [0.1, 0.15) is 0 Å². The van der Waals surface area contributed by atoms with Crippen molar-refractivity contribution in [3.8, 4) is 6.07 Å². The smallest absolute Gasteiger partial charge is 0.330 e. The van der Waals surface area contributed by atoms with Gasteiger partial charge >= 0.3 is 5.97 Å². The highest BCUT2D eigenvalue weighted by Crippen LogP contribution is 2.05. The maximum absolute atomic E-state index is 11.0. The van der Waals surface area contributed by atoms with Crippen LogP contribution in [0, 0.1) is 11.3 Å². The second-order valence-corrected chi connectivity index (χ2v) is 2.82. The van der Waals surface area contributed by atoms with Gasteiger partial charge in [0.15, 0.2) is 0 Å². The second-order valence-electron chi connectivity index (χ2n) is 2.82. The summed E-state index contributed by atoms with van der Waals surface area (Å²) < 4.78 is 4.73. The summed E-state index contributed by atoms with van der Waals surface area (Å²) in [6, 6.07) is 9.03. The lowest BCUT2D eigenvalue weighted by Crippen LogP contribution is -1.98. The number of esters is 1. The molecule has 76 valence electrons.